The lowest BCUT2D eigenvalue weighted by atomic mass is 9.92. The van der Waals surface area contributed by atoms with Gasteiger partial charge in [0.15, 0.2) is 0 Å². The Morgan fingerprint density at radius 1 is 1.47 bits per heavy atom. The maximum Gasteiger partial charge on any atom is 0.0568 e. The Hall–Kier alpha value is -0.250. The fourth-order valence-corrected chi connectivity index (χ4v) is 3.02. The largest absolute Gasteiger partial charge is 0.365 e. The summed E-state index contributed by atoms with van der Waals surface area (Å²) < 4.78 is 0.958. The molecule has 19 heavy (non-hydrogen) atoms. The number of hydrogen-bond donors (Lipinski definition) is 1. The number of nitrogens with zero attached hydrogens (tertiary/aromatic N) is 1. The highest BCUT2D eigenvalue weighted by atomic mass is 79.9. The first-order valence-corrected chi connectivity index (χ1v) is 8.13. The fraction of sp³-hybridized carbons (Fsp3) is 0.600. The van der Waals surface area contributed by atoms with Gasteiger partial charge in [0.25, 0.3) is 0 Å². The van der Waals surface area contributed by atoms with Gasteiger partial charge in [-0.05, 0) is 53.9 Å². The molecule has 0 spiro atoms. The molecule has 2 rings (SSSR count). The third kappa shape index (κ3) is 3.26. The van der Waals surface area contributed by atoms with Crippen LogP contribution in [-0.2, 0) is 0 Å². The molecule has 0 radical (unpaired) electrons. The van der Waals surface area contributed by atoms with E-state index in [4.69, 9.17) is 11.6 Å². The van der Waals surface area contributed by atoms with Crippen LogP contribution in [0.15, 0.2) is 22.7 Å². The number of halogens is 2. The van der Waals surface area contributed by atoms with Gasteiger partial charge >= 0.3 is 0 Å². The summed E-state index contributed by atoms with van der Waals surface area (Å²) in [5.41, 5.74) is 1.41. The van der Waals surface area contributed by atoms with Gasteiger partial charge in [0.05, 0.1) is 5.02 Å². The topological polar surface area (TPSA) is 15.3 Å². The second-order valence-electron chi connectivity index (χ2n) is 5.58. The minimum atomic E-state index is 0.186. The van der Waals surface area contributed by atoms with Crippen molar-refractivity contribution in [3.8, 4) is 0 Å². The van der Waals surface area contributed by atoms with Gasteiger partial charge in [-0.1, -0.05) is 25.4 Å². The quantitative estimate of drug-likeness (QED) is 0.870. The van der Waals surface area contributed by atoms with Crippen LogP contribution in [0.25, 0.3) is 0 Å². The van der Waals surface area contributed by atoms with Crippen LogP contribution in [0.4, 0.5) is 5.69 Å². The van der Waals surface area contributed by atoms with Crippen molar-refractivity contribution in [3.05, 3.63) is 27.7 Å². The number of piperazine rings is 1. The van der Waals surface area contributed by atoms with Crippen molar-refractivity contribution in [2.45, 2.75) is 45.2 Å². The molecule has 0 aliphatic carbocycles. The maximum atomic E-state index is 6.24. The summed E-state index contributed by atoms with van der Waals surface area (Å²) in [6.07, 6.45) is 2.27. The predicted octanol–water partition coefficient (Wildman–Crippen LogP) is 4.46. The standard InChI is InChI=1S/C15H22BrClN2/c1-4-11-9-18-15(3,5-2)10-19(11)12-6-7-13(16)14(17)8-12/h6-8,11,18H,4-5,9-10H2,1-3H3. The van der Waals surface area contributed by atoms with Crippen molar-refractivity contribution < 1.29 is 0 Å². The summed E-state index contributed by atoms with van der Waals surface area (Å²) in [5.74, 6) is 0. The van der Waals surface area contributed by atoms with E-state index in [1.807, 2.05) is 6.07 Å². The highest BCUT2D eigenvalue weighted by molar-refractivity contribution is 9.10. The van der Waals surface area contributed by atoms with E-state index in [1.54, 1.807) is 0 Å². The minimum Gasteiger partial charge on any atom is -0.365 e. The molecule has 1 aliphatic heterocycles. The first-order valence-electron chi connectivity index (χ1n) is 6.96. The molecule has 0 amide bonds. The Bertz CT molecular complexity index is 452. The molecular formula is C15H22BrClN2. The molecule has 106 valence electrons. The highest BCUT2D eigenvalue weighted by Crippen LogP contribution is 2.31. The van der Waals surface area contributed by atoms with E-state index in [1.165, 1.54) is 5.69 Å². The molecule has 0 aromatic heterocycles. The molecule has 2 nitrogen and oxygen atoms in total. The number of benzene rings is 1. The Balaban J connectivity index is 2.29. The molecule has 1 aromatic carbocycles. The summed E-state index contributed by atoms with van der Waals surface area (Å²) in [5, 5.41) is 4.47. The number of rotatable bonds is 3. The van der Waals surface area contributed by atoms with E-state index >= 15 is 0 Å². The monoisotopic (exact) mass is 344 g/mol. The average molecular weight is 346 g/mol. The Morgan fingerprint density at radius 3 is 2.79 bits per heavy atom. The fourth-order valence-electron chi connectivity index (χ4n) is 2.60. The maximum absolute atomic E-state index is 6.24. The van der Waals surface area contributed by atoms with Crippen LogP contribution in [0.3, 0.4) is 0 Å². The van der Waals surface area contributed by atoms with E-state index in [9.17, 15) is 0 Å². The smallest absolute Gasteiger partial charge is 0.0568 e. The van der Waals surface area contributed by atoms with Gasteiger partial charge in [0, 0.05) is 34.8 Å². The van der Waals surface area contributed by atoms with Crippen LogP contribution in [-0.4, -0.2) is 24.7 Å². The third-order valence-corrected chi connectivity index (χ3v) is 5.44. The van der Waals surface area contributed by atoms with Crippen molar-refractivity contribution in [2.24, 2.45) is 0 Å². The normalized spacial score (nSPS) is 27.6. The van der Waals surface area contributed by atoms with Crippen molar-refractivity contribution in [1.82, 2.24) is 5.32 Å². The van der Waals surface area contributed by atoms with Crippen LogP contribution < -0.4 is 10.2 Å². The third-order valence-electron chi connectivity index (χ3n) is 4.21. The van der Waals surface area contributed by atoms with Crippen LogP contribution in [0.2, 0.25) is 5.02 Å². The van der Waals surface area contributed by atoms with E-state index in [0.717, 1.165) is 35.4 Å². The molecule has 4 heteroatoms. The van der Waals surface area contributed by atoms with Crippen LogP contribution >= 0.6 is 27.5 Å². The summed E-state index contributed by atoms with van der Waals surface area (Å²) in [6, 6.07) is 6.79. The van der Waals surface area contributed by atoms with Crippen LogP contribution in [0.5, 0.6) is 0 Å². The number of nitrogens with one attached hydrogen (secondary N) is 1. The molecule has 2 atom stereocenters. The summed E-state index contributed by atoms with van der Waals surface area (Å²) >= 11 is 9.70. The SMILES string of the molecule is CCC1CNC(C)(CC)CN1c1ccc(Br)c(Cl)c1. The lowest BCUT2D eigenvalue weighted by Gasteiger charge is -2.47. The molecule has 0 bridgehead atoms. The molecule has 1 fully saturated rings. The number of hydrogen-bond acceptors (Lipinski definition) is 2. The van der Waals surface area contributed by atoms with Gasteiger partial charge in [-0.15, -0.1) is 0 Å². The second-order valence-corrected chi connectivity index (χ2v) is 6.85. The van der Waals surface area contributed by atoms with Crippen molar-refractivity contribution >= 4 is 33.2 Å². The lowest BCUT2D eigenvalue weighted by Crippen LogP contribution is -2.62. The first kappa shape index (κ1) is 15.1. The Kier molecular flexibility index (Phi) is 4.80. The summed E-state index contributed by atoms with van der Waals surface area (Å²) in [4.78, 5) is 2.50. The zero-order chi connectivity index (χ0) is 14.0. The summed E-state index contributed by atoms with van der Waals surface area (Å²) in [6.45, 7) is 8.85. The Morgan fingerprint density at radius 2 is 2.21 bits per heavy atom. The average Bonchev–Trinajstić information content (AvgIpc) is 2.42. The molecular weight excluding hydrogens is 324 g/mol. The minimum absolute atomic E-state index is 0.186. The van der Waals surface area contributed by atoms with E-state index in [2.05, 4.69) is 59.1 Å². The predicted molar refractivity (Wildman–Crippen MR) is 87.3 cm³/mol. The van der Waals surface area contributed by atoms with Crippen LogP contribution in [0, 0.1) is 0 Å². The molecule has 1 aliphatic rings. The highest BCUT2D eigenvalue weighted by Gasteiger charge is 2.33. The van der Waals surface area contributed by atoms with E-state index in [0.29, 0.717) is 6.04 Å². The number of anilines is 1. The molecule has 1 heterocycles. The second kappa shape index (κ2) is 6.02. The van der Waals surface area contributed by atoms with Gasteiger partial charge < -0.3 is 10.2 Å². The van der Waals surface area contributed by atoms with Crippen LogP contribution in [0.1, 0.15) is 33.6 Å². The van der Waals surface area contributed by atoms with Gasteiger partial charge in [0.1, 0.15) is 0 Å². The van der Waals surface area contributed by atoms with E-state index < -0.39 is 0 Å². The molecule has 1 saturated heterocycles. The summed E-state index contributed by atoms with van der Waals surface area (Å²) in [7, 11) is 0. The zero-order valence-electron chi connectivity index (χ0n) is 11.8. The zero-order valence-corrected chi connectivity index (χ0v) is 14.2. The van der Waals surface area contributed by atoms with Gasteiger partial charge in [0.2, 0.25) is 0 Å². The molecule has 0 saturated carbocycles. The Labute approximate surface area is 129 Å². The first-order chi connectivity index (χ1) is 8.99. The van der Waals surface area contributed by atoms with Crippen molar-refractivity contribution in [1.29, 1.82) is 0 Å². The molecule has 1 N–H and O–H groups in total. The van der Waals surface area contributed by atoms with Gasteiger partial charge in [-0.25, -0.2) is 0 Å². The van der Waals surface area contributed by atoms with E-state index in [-0.39, 0.29) is 5.54 Å². The van der Waals surface area contributed by atoms with Crippen molar-refractivity contribution in [2.75, 3.05) is 18.0 Å². The van der Waals surface area contributed by atoms with Gasteiger partial charge in [-0.3, -0.25) is 0 Å². The lowest BCUT2D eigenvalue weighted by molar-refractivity contribution is 0.276. The molecule has 1 aromatic rings. The van der Waals surface area contributed by atoms with Crippen molar-refractivity contribution in [3.63, 3.8) is 0 Å². The molecule has 2 unspecified atom stereocenters. The van der Waals surface area contributed by atoms with Gasteiger partial charge in [-0.2, -0.15) is 0 Å².